The maximum atomic E-state index is 11.4. The molecule has 0 radical (unpaired) electrons. The van der Waals surface area contributed by atoms with Gasteiger partial charge >= 0.3 is 0 Å². The SMILES string of the molecule is CCNC(=O)/C=C/C1=Cc2ccccc2OC1C. The number of nitrogens with one attached hydrogen (secondary N) is 1. The lowest BCUT2D eigenvalue weighted by Crippen LogP contribution is -2.21. The highest BCUT2D eigenvalue weighted by Gasteiger charge is 2.16. The highest BCUT2D eigenvalue weighted by Crippen LogP contribution is 2.29. The quantitative estimate of drug-likeness (QED) is 0.828. The number of amides is 1. The maximum absolute atomic E-state index is 11.4. The molecule has 1 amide bonds. The minimum atomic E-state index is -0.0792. The molecule has 0 saturated heterocycles. The van der Waals surface area contributed by atoms with E-state index in [-0.39, 0.29) is 12.0 Å². The third-order valence-corrected chi connectivity index (χ3v) is 2.79. The van der Waals surface area contributed by atoms with Crippen LogP contribution in [0, 0.1) is 0 Å². The highest BCUT2D eigenvalue weighted by molar-refractivity contribution is 5.88. The number of hydrogen-bond donors (Lipinski definition) is 1. The zero-order valence-electron chi connectivity index (χ0n) is 10.6. The number of hydrogen-bond acceptors (Lipinski definition) is 2. The fraction of sp³-hybridized carbons (Fsp3) is 0.267. The van der Waals surface area contributed by atoms with E-state index in [9.17, 15) is 4.79 Å². The summed E-state index contributed by atoms with van der Waals surface area (Å²) in [4.78, 5) is 11.4. The lowest BCUT2D eigenvalue weighted by molar-refractivity contribution is -0.116. The largest absolute Gasteiger partial charge is 0.485 e. The summed E-state index contributed by atoms with van der Waals surface area (Å²) in [6.45, 7) is 4.51. The van der Waals surface area contributed by atoms with Crippen LogP contribution in [0.4, 0.5) is 0 Å². The molecule has 1 aromatic rings. The summed E-state index contributed by atoms with van der Waals surface area (Å²) >= 11 is 0. The molecule has 1 atom stereocenters. The summed E-state index contributed by atoms with van der Waals surface area (Å²) < 4.78 is 5.79. The zero-order valence-corrected chi connectivity index (χ0v) is 10.6. The Morgan fingerprint density at radius 1 is 1.44 bits per heavy atom. The minimum absolute atomic E-state index is 0.0365. The van der Waals surface area contributed by atoms with Crippen LogP contribution in [0.25, 0.3) is 6.08 Å². The van der Waals surface area contributed by atoms with Crippen LogP contribution < -0.4 is 10.1 Å². The summed E-state index contributed by atoms with van der Waals surface area (Å²) in [7, 11) is 0. The fourth-order valence-corrected chi connectivity index (χ4v) is 1.85. The summed E-state index contributed by atoms with van der Waals surface area (Å²) in [5.41, 5.74) is 2.05. The molecule has 0 aliphatic carbocycles. The van der Waals surface area contributed by atoms with Gasteiger partial charge in [-0.25, -0.2) is 0 Å². The molecule has 94 valence electrons. The fourth-order valence-electron chi connectivity index (χ4n) is 1.85. The van der Waals surface area contributed by atoms with Crippen molar-refractivity contribution >= 4 is 12.0 Å². The second-order valence-electron chi connectivity index (χ2n) is 4.17. The predicted octanol–water partition coefficient (Wildman–Crippen LogP) is 2.54. The van der Waals surface area contributed by atoms with Gasteiger partial charge in [0.15, 0.2) is 0 Å². The van der Waals surface area contributed by atoms with Gasteiger partial charge in [-0.1, -0.05) is 18.2 Å². The standard InChI is InChI=1S/C15H17NO2/c1-3-16-15(17)9-8-12-10-13-6-4-5-7-14(13)18-11(12)2/h4-11H,3H2,1-2H3,(H,16,17)/b9-8+. The van der Waals surface area contributed by atoms with Crippen LogP contribution in [-0.4, -0.2) is 18.6 Å². The van der Waals surface area contributed by atoms with Gasteiger partial charge in [0.1, 0.15) is 11.9 Å². The van der Waals surface area contributed by atoms with E-state index in [1.54, 1.807) is 6.08 Å². The molecule has 2 rings (SSSR count). The second kappa shape index (κ2) is 5.54. The molecular weight excluding hydrogens is 226 g/mol. The normalized spacial score (nSPS) is 17.9. The molecule has 0 aromatic heterocycles. The molecule has 1 aliphatic rings. The Labute approximate surface area is 107 Å². The van der Waals surface area contributed by atoms with Gasteiger partial charge in [0, 0.05) is 18.2 Å². The van der Waals surface area contributed by atoms with E-state index < -0.39 is 0 Å². The van der Waals surface area contributed by atoms with Gasteiger partial charge in [-0.05, 0) is 37.6 Å². The van der Waals surface area contributed by atoms with Gasteiger partial charge in [-0.15, -0.1) is 0 Å². The summed E-state index contributed by atoms with van der Waals surface area (Å²) in [5.74, 6) is 0.810. The third kappa shape index (κ3) is 2.80. The average molecular weight is 243 g/mol. The van der Waals surface area contributed by atoms with Crippen LogP contribution in [0.15, 0.2) is 42.0 Å². The topological polar surface area (TPSA) is 38.3 Å². The first-order valence-corrected chi connectivity index (χ1v) is 6.14. The van der Waals surface area contributed by atoms with Crippen molar-refractivity contribution in [2.24, 2.45) is 0 Å². The Kier molecular flexibility index (Phi) is 3.82. The number of carbonyl (C=O) groups is 1. The first kappa shape index (κ1) is 12.4. The van der Waals surface area contributed by atoms with E-state index in [0.717, 1.165) is 16.9 Å². The second-order valence-corrected chi connectivity index (χ2v) is 4.17. The maximum Gasteiger partial charge on any atom is 0.243 e. The molecule has 1 aliphatic heterocycles. The van der Waals surface area contributed by atoms with E-state index in [4.69, 9.17) is 4.74 Å². The van der Waals surface area contributed by atoms with Gasteiger partial charge in [0.05, 0.1) is 0 Å². The van der Waals surface area contributed by atoms with Crippen molar-refractivity contribution in [1.29, 1.82) is 0 Å². The van der Waals surface area contributed by atoms with E-state index >= 15 is 0 Å². The zero-order chi connectivity index (χ0) is 13.0. The van der Waals surface area contributed by atoms with Crippen molar-refractivity contribution in [1.82, 2.24) is 5.32 Å². The Bertz CT molecular complexity index is 503. The number of likely N-dealkylation sites (N-methyl/N-ethyl adjacent to an activating group) is 1. The molecule has 3 nitrogen and oxygen atoms in total. The van der Waals surface area contributed by atoms with Gasteiger partial charge in [0.2, 0.25) is 5.91 Å². The molecule has 1 N–H and O–H groups in total. The number of fused-ring (bicyclic) bond motifs is 1. The molecular formula is C15H17NO2. The van der Waals surface area contributed by atoms with Crippen molar-refractivity contribution in [3.8, 4) is 5.75 Å². The monoisotopic (exact) mass is 243 g/mol. The van der Waals surface area contributed by atoms with Gasteiger partial charge in [-0.3, -0.25) is 4.79 Å². The number of ether oxygens (including phenoxy) is 1. The van der Waals surface area contributed by atoms with Crippen molar-refractivity contribution in [2.45, 2.75) is 20.0 Å². The Balaban J connectivity index is 2.19. The molecule has 0 bridgehead atoms. The number of carbonyl (C=O) groups excluding carboxylic acids is 1. The Morgan fingerprint density at radius 3 is 3.00 bits per heavy atom. The summed E-state index contributed by atoms with van der Waals surface area (Å²) in [6.07, 6.45) is 5.37. The molecule has 18 heavy (non-hydrogen) atoms. The van der Waals surface area contributed by atoms with Gasteiger partial charge < -0.3 is 10.1 Å². The molecule has 0 spiro atoms. The average Bonchev–Trinajstić information content (AvgIpc) is 2.36. The van der Waals surface area contributed by atoms with Crippen LogP contribution in [0.3, 0.4) is 0 Å². The minimum Gasteiger partial charge on any atom is -0.485 e. The Morgan fingerprint density at radius 2 is 2.22 bits per heavy atom. The van der Waals surface area contributed by atoms with Crippen LogP contribution in [0.1, 0.15) is 19.4 Å². The van der Waals surface area contributed by atoms with Gasteiger partial charge in [0.25, 0.3) is 0 Å². The van der Waals surface area contributed by atoms with Crippen LogP contribution >= 0.6 is 0 Å². The summed E-state index contributed by atoms with van der Waals surface area (Å²) in [6, 6.07) is 7.88. The van der Waals surface area contributed by atoms with Crippen LogP contribution in [-0.2, 0) is 4.79 Å². The molecule has 1 aromatic carbocycles. The van der Waals surface area contributed by atoms with Crippen LogP contribution in [0.5, 0.6) is 5.75 Å². The lowest BCUT2D eigenvalue weighted by Gasteiger charge is -2.22. The van der Waals surface area contributed by atoms with Crippen molar-refractivity contribution in [2.75, 3.05) is 6.54 Å². The first-order valence-electron chi connectivity index (χ1n) is 6.14. The van der Waals surface area contributed by atoms with Crippen molar-refractivity contribution < 1.29 is 9.53 Å². The first-order chi connectivity index (χ1) is 8.70. The summed E-state index contributed by atoms with van der Waals surface area (Å²) in [5, 5.41) is 2.73. The van der Waals surface area contributed by atoms with E-state index in [1.807, 2.05) is 44.2 Å². The smallest absolute Gasteiger partial charge is 0.243 e. The number of benzene rings is 1. The van der Waals surface area contributed by atoms with Gasteiger partial charge in [-0.2, -0.15) is 0 Å². The Hall–Kier alpha value is -2.03. The van der Waals surface area contributed by atoms with E-state index in [1.165, 1.54) is 0 Å². The third-order valence-electron chi connectivity index (χ3n) is 2.79. The lowest BCUT2D eigenvalue weighted by atomic mass is 10.0. The van der Waals surface area contributed by atoms with Crippen molar-refractivity contribution in [3.63, 3.8) is 0 Å². The molecule has 0 fully saturated rings. The van der Waals surface area contributed by atoms with Crippen LogP contribution in [0.2, 0.25) is 0 Å². The highest BCUT2D eigenvalue weighted by atomic mass is 16.5. The molecule has 3 heteroatoms. The number of rotatable bonds is 3. The number of para-hydroxylation sites is 1. The molecule has 0 saturated carbocycles. The van der Waals surface area contributed by atoms with E-state index in [2.05, 4.69) is 11.4 Å². The van der Waals surface area contributed by atoms with Crippen molar-refractivity contribution in [3.05, 3.63) is 47.6 Å². The molecule has 1 heterocycles. The predicted molar refractivity (Wildman–Crippen MR) is 72.3 cm³/mol. The molecule has 1 unspecified atom stereocenters. The van der Waals surface area contributed by atoms with E-state index in [0.29, 0.717) is 6.54 Å².